The second kappa shape index (κ2) is 5.60. The van der Waals surface area contributed by atoms with Gasteiger partial charge >= 0.3 is 0 Å². The highest BCUT2D eigenvalue weighted by atomic mass is 19.1. The first kappa shape index (κ1) is 14.3. The second-order valence-electron chi connectivity index (χ2n) is 5.32. The summed E-state index contributed by atoms with van der Waals surface area (Å²) in [6.45, 7) is 0. The molecule has 0 saturated heterocycles. The highest BCUT2D eigenvalue weighted by Gasteiger charge is 2.36. The first-order valence-electron chi connectivity index (χ1n) is 7.00. The first-order valence-corrected chi connectivity index (χ1v) is 7.00. The summed E-state index contributed by atoms with van der Waals surface area (Å²) in [7, 11) is 0. The standard InChI is InChI=1S/C17H15FN2O2/c18-13-7-5-11(6-8-13)9-16(21)20-14-4-2-1-3-12(14)10-15(20)17(19)22/h1-8,15H,9-10H2,(H2,19,22)/t15-/m0/s1. The molecule has 3 rings (SSSR count). The summed E-state index contributed by atoms with van der Waals surface area (Å²) >= 11 is 0. The first-order chi connectivity index (χ1) is 10.6. The number of fused-ring (bicyclic) bond motifs is 1. The van der Waals surface area contributed by atoms with Crippen molar-refractivity contribution in [3.8, 4) is 0 Å². The van der Waals surface area contributed by atoms with Crippen molar-refractivity contribution in [1.82, 2.24) is 0 Å². The molecule has 0 fully saturated rings. The Morgan fingerprint density at radius 1 is 1.14 bits per heavy atom. The SMILES string of the molecule is NC(=O)[C@@H]1Cc2ccccc2N1C(=O)Cc1ccc(F)cc1. The quantitative estimate of drug-likeness (QED) is 0.939. The Kier molecular flexibility index (Phi) is 3.63. The molecule has 0 aromatic heterocycles. The van der Waals surface area contributed by atoms with Gasteiger partial charge in [-0.1, -0.05) is 30.3 Å². The molecule has 5 heteroatoms. The number of nitrogens with zero attached hydrogens (tertiary/aromatic N) is 1. The Hall–Kier alpha value is -2.69. The third kappa shape index (κ3) is 2.57. The number of rotatable bonds is 3. The molecule has 1 aliphatic rings. The maximum atomic E-state index is 12.9. The van der Waals surface area contributed by atoms with E-state index in [1.807, 2.05) is 18.2 Å². The van der Waals surface area contributed by atoms with Crippen LogP contribution in [0, 0.1) is 5.82 Å². The fourth-order valence-corrected chi connectivity index (χ4v) is 2.78. The van der Waals surface area contributed by atoms with E-state index in [1.165, 1.54) is 17.0 Å². The van der Waals surface area contributed by atoms with E-state index < -0.39 is 11.9 Å². The number of benzene rings is 2. The van der Waals surface area contributed by atoms with Gasteiger partial charge in [0.1, 0.15) is 11.9 Å². The van der Waals surface area contributed by atoms with Gasteiger partial charge in [0.05, 0.1) is 6.42 Å². The number of carbonyl (C=O) groups excluding carboxylic acids is 2. The number of hydrogen-bond donors (Lipinski definition) is 1. The van der Waals surface area contributed by atoms with Crippen molar-refractivity contribution in [3.63, 3.8) is 0 Å². The molecule has 1 heterocycles. The van der Waals surface area contributed by atoms with Crippen LogP contribution in [0.15, 0.2) is 48.5 Å². The Bertz CT molecular complexity index is 728. The van der Waals surface area contributed by atoms with Crippen molar-refractivity contribution >= 4 is 17.5 Å². The van der Waals surface area contributed by atoms with Crippen LogP contribution >= 0.6 is 0 Å². The number of para-hydroxylation sites is 1. The third-order valence-electron chi connectivity index (χ3n) is 3.84. The molecule has 0 spiro atoms. The largest absolute Gasteiger partial charge is 0.368 e. The van der Waals surface area contributed by atoms with Gasteiger partial charge in [-0.15, -0.1) is 0 Å². The molecule has 1 aliphatic heterocycles. The molecule has 2 N–H and O–H groups in total. The molecule has 2 aromatic rings. The van der Waals surface area contributed by atoms with Gasteiger partial charge in [-0.3, -0.25) is 14.5 Å². The van der Waals surface area contributed by atoms with Gasteiger partial charge in [-0.2, -0.15) is 0 Å². The van der Waals surface area contributed by atoms with E-state index in [1.54, 1.807) is 18.2 Å². The second-order valence-corrected chi connectivity index (χ2v) is 5.32. The van der Waals surface area contributed by atoms with Crippen LogP contribution in [-0.2, 0) is 22.4 Å². The van der Waals surface area contributed by atoms with Gasteiger partial charge in [-0.25, -0.2) is 4.39 Å². The summed E-state index contributed by atoms with van der Waals surface area (Å²) in [5, 5.41) is 0. The van der Waals surface area contributed by atoms with E-state index in [0.717, 1.165) is 11.3 Å². The van der Waals surface area contributed by atoms with Crippen molar-refractivity contribution in [2.24, 2.45) is 5.73 Å². The van der Waals surface area contributed by atoms with Crippen molar-refractivity contribution in [1.29, 1.82) is 0 Å². The number of carbonyl (C=O) groups is 2. The lowest BCUT2D eigenvalue weighted by Crippen LogP contribution is -2.46. The van der Waals surface area contributed by atoms with Crippen LogP contribution in [0.2, 0.25) is 0 Å². The van der Waals surface area contributed by atoms with Crippen molar-refractivity contribution in [2.45, 2.75) is 18.9 Å². The van der Waals surface area contributed by atoms with E-state index in [4.69, 9.17) is 5.73 Å². The summed E-state index contributed by atoms with van der Waals surface area (Å²) in [6, 6.07) is 12.5. The maximum Gasteiger partial charge on any atom is 0.240 e. The monoisotopic (exact) mass is 298 g/mol. The highest BCUT2D eigenvalue weighted by molar-refractivity contribution is 6.03. The van der Waals surface area contributed by atoms with Gasteiger partial charge in [0.25, 0.3) is 0 Å². The summed E-state index contributed by atoms with van der Waals surface area (Å²) in [4.78, 5) is 25.7. The molecular weight excluding hydrogens is 283 g/mol. The van der Waals surface area contributed by atoms with E-state index in [9.17, 15) is 14.0 Å². The maximum absolute atomic E-state index is 12.9. The Morgan fingerprint density at radius 2 is 1.82 bits per heavy atom. The van der Waals surface area contributed by atoms with Crippen LogP contribution < -0.4 is 10.6 Å². The third-order valence-corrected chi connectivity index (χ3v) is 3.84. The Morgan fingerprint density at radius 3 is 2.50 bits per heavy atom. The van der Waals surface area contributed by atoms with E-state index in [2.05, 4.69) is 0 Å². The minimum atomic E-state index is -0.662. The van der Waals surface area contributed by atoms with Crippen molar-refractivity contribution in [2.75, 3.05) is 4.90 Å². The fraction of sp³-hybridized carbons (Fsp3) is 0.176. The van der Waals surface area contributed by atoms with Crippen LogP contribution in [0.4, 0.5) is 10.1 Å². The molecule has 2 amide bonds. The summed E-state index contributed by atoms with van der Waals surface area (Å²) in [5.74, 6) is -1.10. The zero-order chi connectivity index (χ0) is 15.7. The normalized spacial score (nSPS) is 16.4. The molecule has 0 unspecified atom stereocenters. The van der Waals surface area contributed by atoms with Crippen LogP contribution in [0.3, 0.4) is 0 Å². The zero-order valence-corrected chi connectivity index (χ0v) is 11.8. The summed E-state index contributed by atoms with van der Waals surface area (Å²) < 4.78 is 12.9. The molecule has 0 saturated carbocycles. The number of primary amides is 1. The fourth-order valence-electron chi connectivity index (χ4n) is 2.78. The van der Waals surface area contributed by atoms with Gasteiger partial charge in [-0.05, 0) is 29.3 Å². The number of amides is 2. The van der Waals surface area contributed by atoms with Gasteiger partial charge < -0.3 is 5.73 Å². The summed E-state index contributed by atoms with van der Waals surface area (Å²) in [5.41, 5.74) is 7.78. The van der Waals surface area contributed by atoms with E-state index >= 15 is 0 Å². The van der Waals surface area contributed by atoms with Gasteiger partial charge in [0.2, 0.25) is 11.8 Å². The minimum absolute atomic E-state index is 0.0956. The molecule has 0 aliphatic carbocycles. The molecule has 112 valence electrons. The minimum Gasteiger partial charge on any atom is -0.368 e. The highest BCUT2D eigenvalue weighted by Crippen LogP contribution is 2.32. The predicted molar refractivity (Wildman–Crippen MR) is 80.7 cm³/mol. The van der Waals surface area contributed by atoms with Crippen LogP contribution in [0.5, 0.6) is 0 Å². The topological polar surface area (TPSA) is 63.4 Å². The average Bonchev–Trinajstić information content (AvgIpc) is 2.89. The van der Waals surface area contributed by atoms with E-state index in [0.29, 0.717) is 12.0 Å². The molecule has 1 atom stereocenters. The molecule has 0 bridgehead atoms. The van der Waals surface area contributed by atoms with Crippen LogP contribution in [-0.4, -0.2) is 17.9 Å². The van der Waals surface area contributed by atoms with Gasteiger partial charge in [0.15, 0.2) is 0 Å². The number of hydrogen-bond acceptors (Lipinski definition) is 2. The van der Waals surface area contributed by atoms with E-state index in [-0.39, 0.29) is 18.1 Å². The van der Waals surface area contributed by atoms with Crippen molar-refractivity contribution < 1.29 is 14.0 Å². The lowest BCUT2D eigenvalue weighted by atomic mass is 10.1. The predicted octanol–water partition coefficient (Wildman–Crippen LogP) is 1.81. The molecule has 4 nitrogen and oxygen atoms in total. The van der Waals surface area contributed by atoms with Crippen LogP contribution in [0.1, 0.15) is 11.1 Å². The number of anilines is 1. The number of nitrogens with two attached hydrogens (primary N) is 1. The summed E-state index contributed by atoms with van der Waals surface area (Å²) in [6.07, 6.45) is 0.527. The molecular formula is C17H15FN2O2. The number of halogens is 1. The average molecular weight is 298 g/mol. The molecule has 0 radical (unpaired) electrons. The zero-order valence-electron chi connectivity index (χ0n) is 11.8. The molecule has 22 heavy (non-hydrogen) atoms. The van der Waals surface area contributed by atoms with Crippen LogP contribution in [0.25, 0.3) is 0 Å². The van der Waals surface area contributed by atoms with Crippen molar-refractivity contribution in [3.05, 3.63) is 65.5 Å². The Labute approximate surface area is 127 Å². The lowest BCUT2D eigenvalue weighted by Gasteiger charge is -2.23. The van der Waals surface area contributed by atoms with Gasteiger partial charge in [0, 0.05) is 12.1 Å². The lowest BCUT2D eigenvalue weighted by molar-refractivity contribution is -0.124. The molecule has 2 aromatic carbocycles. The Balaban J connectivity index is 1.88. The smallest absolute Gasteiger partial charge is 0.240 e.